The number of aromatic nitrogens is 2. The molecule has 3 nitrogen and oxygen atoms in total. The van der Waals surface area contributed by atoms with E-state index in [9.17, 15) is 4.39 Å². The van der Waals surface area contributed by atoms with Gasteiger partial charge in [0.15, 0.2) is 0 Å². The van der Waals surface area contributed by atoms with Crippen LogP contribution in [-0.4, -0.2) is 39.0 Å². The van der Waals surface area contributed by atoms with Gasteiger partial charge in [-0.25, -0.2) is 4.39 Å². The molecule has 25 heavy (non-hydrogen) atoms. The summed E-state index contributed by atoms with van der Waals surface area (Å²) in [7, 11) is 0. The number of halogens is 2. The Bertz CT molecular complexity index is 801. The van der Waals surface area contributed by atoms with Crippen LogP contribution < -0.4 is 0 Å². The van der Waals surface area contributed by atoms with Crippen molar-refractivity contribution in [2.75, 3.05) is 25.4 Å². The van der Waals surface area contributed by atoms with Gasteiger partial charge in [-0.3, -0.25) is 0 Å². The van der Waals surface area contributed by atoms with E-state index in [0.717, 1.165) is 17.5 Å². The van der Waals surface area contributed by atoms with Crippen molar-refractivity contribution in [3.05, 3.63) is 39.7 Å². The number of hydrogen-bond acceptors (Lipinski definition) is 5. The third-order valence-electron chi connectivity index (χ3n) is 4.87. The first-order valence-corrected chi connectivity index (χ1v) is 10.8. The zero-order valence-corrected chi connectivity index (χ0v) is 16.8. The second kappa shape index (κ2) is 7.75. The largest absolute Gasteiger partial charge is 0.303 e. The van der Waals surface area contributed by atoms with Gasteiger partial charge in [-0.15, -0.1) is 0 Å². The predicted octanol–water partition coefficient (Wildman–Crippen LogP) is 4.39. The first-order valence-electron chi connectivity index (χ1n) is 8.31. The summed E-state index contributed by atoms with van der Waals surface area (Å²) < 4.78 is 23.2. The molecule has 7 heteroatoms. The molecule has 1 atom stereocenters. The number of piperidine rings is 3. The highest BCUT2D eigenvalue weighted by Gasteiger charge is 2.37. The van der Waals surface area contributed by atoms with E-state index >= 15 is 0 Å². The van der Waals surface area contributed by atoms with Crippen molar-refractivity contribution in [1.82, 2.24) is 13.6 Å². The van der Waals surface area contributed by atoms with Gasteiger partial charge in [0.25, 0.3) is 0 Å². The molecule has 0 aliphatic carbocycles. The molecule has 1 aromatic heterocycles. The van der Waals surface area contributed by atoms with Crippen LogP contribution in [-0.2, 0) is 0 Å². The second-order valence-electron chi connectivity index (χ2n) is 6.45. The Morgan fingerprint density at radius 1 is 1.28 bits per heavy atom. The van der Waals surface area contributed by atoms with E-state index < -0.39 is 0 Å². The lowest BCUT2D eigenvalue weighted by molar-refractivity contribution is 0.0846. The van der Waals surface area contributed by atoms with Crippen LogP contribution in [0.5, 0.6) is 0 Å². The van der Waals surface area contributed by atoms with Crippen molar-refractivity contribution in [3.63, 3.8) is 0 Å². The molecule has 0 saturated carbocycles. The van der Waals surface area contributed by atoms with Crippen LogP contribution in [0.25, 0.3) is 0 Å². The van der Waals surface area contributed by atoms with Gasteiger partial charge in [-0.1, -0.05) is 39.5 Å². The van der Waals surface area contributed by atoms with Gasteiger partial charge in [0.1, 0.15) is 10.8 Å². The summed E-state index contributed by atoms with van der Waals surface area (Å²) in [6, 6.07) is 4.70. The minimum absolute atomic E-state index is 0.278. The minimum atomic E-state index is -0.278. The molecule has 0 N–H and O–H groups in total. The maximum absolute atomic E-state index is 13.4. The van der Waals surface area contributed by atoms with Crippen molar-refractivity contribution >= 4 is 39.4 Å². The zero-order chi connectivity index (χ0) is 17.2. The summed E-state index contributed by atoms with van der Waals surface area (Å²) in [6.45, 7) is 3.58. The lowest BCUT2D eigenvalue weighted by Gasteiger charge is -2.44. The van der Waals surface area contributed by atoms with E-state index in [1.165, 1.54) is 55.5 Å². The quantitative estimate of drug-likeness (QED) is 0.525. The molecule has 0 radical (unpaired) electrons. The van der Waals surface area contributed by atoms with Gasteiger partial charge in [0.05, 0.1) is 23.2 Å². The predicted molar refractivity (Wildman–Crippen MR) is 104 cm³/mol. The third-order valence-corrected chi connectivity index (χ3v) is 6.84. The highest BCUT2D eigenvalue weighted by atomic mass is 79.9. The van der Waals surface area contributed by atoms with Crippen molar-refractivity contribution in [2.24, 2.45) is 5.92 Å². The Kier molecular flexibility index (Phi) is 5.41. The molecule has 3 aliphatic heterocycles. The molecule has 3 saturated heterocycles. The number of fused-ring (bicyclic) bond motifs is 3. The zero-order valence-electron chi connectivity index (χ0n) is 13.5. The van der Waals surface area contributed by atoms with E-state index in [4.69, 9.17) is 0 Å². The van der Waals surface area contributed by atoms with Gasteiger partial charge < -0.3 is 4.90 Å². The molecular weight excluding hydrogens is 421 g/mol. The number of thioether (sulfide) groups is 1. The molecule has 3 aliphatic rings. The highest BCUT2D eigenvalue weighted by molar-refractivity contribution is 9.10. The lowest BCUT2D eigenvalue weighted by Crippen LogP contribution is -2.46. The summed E-state index contributed by atoms with van der Waals surface area (Å²) in [5, 5.41) is 1.03. The third kappa shape index (κ3) is 4.08. The van der Waals surface area contributed by atoms with E-state index in [1.54, 1.807) is 11.8 Å². The summed E-state index contributed by atoms with van der Waals surface area (Å²) >= 11 is 6.23. The van der Waals surface area contributed by atoms with Gasteiger partial charge >= 0.3 is 0 Å². The average Bonchev–Trinajstić information content (AvgIpc) is 3.07. The smallest absolute Gasteiger partial charge is 0.134 e. The summed E-state index contributed by atoms with van der Waals surface area (Å²) in [4.78, 5) is 2.54. The average molecular weight is 438 g/mol. The first-order chi connectivity index (χ1) is 12.2. The van der Waals surface area contributed by atoms with E-state index in [2.05, 4.69) is 41.4 Å². The monoisotopic (exact) mass is 437 g/mol. The Labute approximate surface area is 163 Å². The Morgan fingerprint density at radius 2 is 2.12 bits per heavy atom. The van der Waals surface area contributed by atoms with Gasteiger partial charge in [0.2, 0.25) is 0 Å². The molecule has 130 valence electrons. The summed E-state index contributed by atoms with van der Waals surface area (Å²) in [6.07, 6.45) is 2.56. The fourth-order valence-electron chi connectivity index (χ4n) is 3.66. The second-order valence-corrected chi connectivity index (χ2v) is 8.86. The van der Waals surface area contributed by atoms with Crippen molar-refractivity contribution in [1.29, 1.82) is 0 Å². The SMILES string of the molecule is Fc1cc(Br)cc(C#CCSc2nsnc2C2CN3CCC2CC3)c1. The molecule has 5 rings (SSSR count). The van der Waals surface area contributed by atoms with Crippen LogP contribution in [0.2, 0.25) is 0 Å². The van der Waals surface area contributed by atoms with Gasteiger partial charge in [-0.05, 0) is 50.0 Å². The summed E-state index contributed by atoms with van der Waals surface area (Å²) in [5.74, 6) is 7.76. The lowest BCUT2D eigenvalue weighted by atomic mass is 9.78. The van der Waals surface area contributed by atoms with E-state index in [0.29, 0.717) is 21.7 Å². The number of benzene rings is 1. The highest BCUT2D eigenvalue weighted by Crippen LogP contribution is 2.41. The van der Waals surface area contributed by atoms with Crippen molar-refractivity contribution in [2.45, 2.75) is 23.8 Å². The maximum Gasteiger partial charge on any atom is 0.134 e. The minimum Gasteiger partial charge on any atom is -0.303 e. The molecule has 0 amide bonds. The fraction of sp³-hybridized carbons (Fsp3) is 0.444. The van der Waals surface area contributed by atoms with Crippen LogP contribution in [0.15, 0.2) is 27.7 Å². The molecule has 0 spiro atoms. The number of rotatable bonds is 3. The fourth-order valence-corrected chi connectivity index (χ4v) is 5.64. The molecule has 1 unspecified atom stereocenters. The number of hydrogen-bond donors (Lipinski definition) is 0. The van der Waals surface area contributed by atoms with Crippen LogP contribution in [0.1, 0.15) is 30.0 Å². The van der Waals surface area contributed by atoms with Gasteiger partial charge in [-0.2, -0.15) is 8.75 Å². The Hall–Kier alpha value is -0.940. The molecule has 4 heterocycles. The first kappa shape index (κ1) is 17.5. The summed E-state index contributed by atoms with van der Waals surface area (Å²) in [5.41, 5.74) is 1.85. The Balaban J connectivity index is 1.41. The molecular formula is C18H17BrFN3S2. The van der Waals surface area contributed by atoms with Crippen molar-refractivity contribution < 1.29 is 4.39 Å². The molecule has 1 aromatic carbocycles. The molecule has 2 bridgehead atoms. The molecule has 3 fully saturated rings. The van der Waals surface area contributed by atoms with E-state index in [-0.39, 0.29) is 5.82 Å². The van der Waals surface area contributed by atoms with Crippen LogP contribution in [0.3, 0.4) is 0 Å². The van der Waals surface area contributed by atoms with Crippen LogP contribution in [0, 0.1) is 23.6 Å². The topological polar surface area (TPSA) is 29.0 Å². The number of nitrogens with zero attached hydrogens (tertiary/aromatic N) is 3. The van der Waals surface area contributed by atoms with E-state index in [1.807, 2.05) is 6.07 Å². The normalized spacial score (nSPS) is 24.8. The standard InChI is InChI=1S/C18H17BrFN3S2/c19-14-8-12(9-15(20)10-14)2-1-7-24-18-17(21-25-22-18)16-11-23-5-3-13(16)4-6-23/h8-10,13,16H,3-7,11H2. The Morgan fingerprint density at radius 3 is 2.84 bits per heavy atom. The van der Waals surface area contributed by atoms with Gasteiger partial charge in [0, 0.05) is 22.5 Å². The molecule has 2 aromatic rings. The van der Waals surface area contributed by atoms with Crippen LogP contribution in [0.4, 0.5) is 4.39 Å². The van der Waals surface area contributed by atoms with Crippen LogP contribution >= 0.6 is 39.4 Å². The maximum atomic E-state index is 13.4. The van der Waals surface area contributed by atoms with Crippen molar-refractivity contribution in [3.8, 4) is 11.8 Å².